The molecular weight excluding hydrogens is 942 g/mol. The van der Waals surface area contributed by atoms with Crippen LogP contribution in [0.2, 0.25) is 0 Å². The van der Waals surface area contributed by atoms with E-state index in [-0.39, 0.29) is 49.4 Å². The summed E-state index contributed by atoms with van der Waals surface area (Å²) in [7, 11) is 0. The summed E-state index contributed by atoms with van der Waals surface area (Å²) < 4.78 is 1.59. The van der Waals surface area contributed by atoms with Crippen LogP contribution in [-0.4, -0.2) is 121 Å². The Morgan fingerprint density at radius 3 is 2.29 bits per heavy atom. The van der Waals surface area contributed by atoms with Gasteiger partial charge in [-0.2, -0.15) is 0 Å². The molecule has 2 aromatic heterocycles. The molecule has 0 bridgehead atoms. The zero-order chi connectivity index (χ0) is 49.6. The number of nitrogens with one attached hydrogen (secondary N) is 6. The standard InChI is InChI=1S/C43H57N13O8.C5H6.Fe/c1-3-23(2)37-43(64)55-21-26(56-22-33(53-54-56)24-10-4-5-11-24)17-34(55)42(63)51-31(16-25-20-48-29-13-7-6-12-27(25)29)40(61)49-30(38(46)59)14-8-9-15-47-36(58)18-28(44)39(60)50-32(19-35(45)57)41(62)52-37;1-2-4-5-3-1;/h4-7,10,12-13,20,22-23,26,28,30-32,34,37,48H,3,8-9,11,14-19,21,44H2,1-2H3,(H2,45,57)(H2,46,59)(H,47,58)(H,49,61)(H,50,60)(H,51,63)(H,52,62);1-4H,5H2;/q;;+2/t23-,26-,28-,30+,31-,32-,34-,37-;;/m0../s1. The van der Waals surface area contributed by atoms with Crippen LogP contribution < -0.4 is 43.8 Å². The molecule has 7 rings (SSSR count). The maximum absolute atomic E-state index is 14.9. The fraction of sp³-hybridized carbons (Fsp3) is 0.458. The zero-order valence-electron chi connectivity index (χ0n) is 39.3. The number of amides is 8. The number of H-pyrrole nitrogens is 1. The van der Waals surface area contributed by atoms with E-state index in [1.807, 2.05) is 42.5 Å². The van der Waals surface area contributed by atoms with Crippen molar-refractivity contribution in [2.75, 3.05) is 13.1 Å². The van der Waals surface area contributed by atoms with E-state index in [1.165, 1.54) is 4.90 Å². The molecule has 0 unspecified atom stereocenters. The van der Waals surface area contributed by atoms with Crippen molar-refractivity contribution >= 4 is 63.7 Å². The van der Waals surface area contributed by atoms with Gasteiger partial charge in [-0.1, -0.05) is 86.2 Å². The zero-order valence-corrected chi connectivity index (χ0v) is 40.4. The summed E-state index contributed by atoms with van der Waals surface area (Å²) in [5.41, 5.74) is 20.3. The van der Waals surface area contributed by atoms with Gasteiger partial charge in [-0.05, 0) is 55.2 Å². The molecule has 2 aliphatic heterocycles. The summed E-state index contributed by atoms with van der Waals surface area (Å²) in [6.45, 7) is 3.60. The number of hydrogen-bond acceptors (Lipinski definition) is 11. The molecule has 2 fully saturated rings. The summed E-state index contributed by atoms with van der Waals surface area (Å²) in [4.78, 5) is 113. The second kappa shape index (κ2) is 25.6. The Bertz CT molecular complexity index is 2510. The monoisotopic (exact) mass is 1010 g/mol. The van der Waals surface area contributed by atoms with Crippen LogP contribution in [0.5, 0.6) is 0 Å². The second-order valence-electron chi connectivity index (χ2n) is 17.7. The van der Waals surface area contributed by atoms with Gasteiger partial charge < -0.3 is 53.7 Å². The van der Waals surface area contributed by atoms with Gasteiger partial charge in [0.2, 0.25) is 47.3 Å². The SMILES string of the molecule is C1=CCC=C1.CC[C@H](C)[C@@H]1NC(=O)[C@H](CC(N)=O)NC(=O)[C@@H](N)CC(=O)NCCCC[C@H](C(N)=O)NC(=O)[C@H](Cc2c[nH]c3ccccc23)NC(=O)[C@@H]2C[C@H](n3cc(C4=CC=CC4)nn3)CN2C1=O.[Fe+2]. The van der Waals surface area contributed by atoms with Crippen LogP contribution in [0.15, 0.2) is 79.2 Å². The first-order valence-electron chi connectivity index (χ1n) is 23.4. The van der Waals surface area contributed by atoms with Gasteiger partial charge in [0, 0.05) is 43.0 Å². The topological polar surface area (TPSA) is 325 Å². The molecule has 3 aromatic rings. The number of benzene rings is 1. The van der Waals surface area contributed by atoms with Crippen LogP contribution in [0.1, 0.15) is 88.9 Å². The number of nitrogens with two attached hydrogens (primary N) is 3. The number of fused-ring (bicyclic) bond motifs is 2. The Hall–Kier alpha value is -6.90. The van der Waals surface area contributed by atoms with Crippen LogP contribution in [0, 0.1) is 5.92 Å². The van der Waals surface area contributed by atoms with E-state index in [0.717, 1.165) is 22.9 Å². The van der Waals surface area contributed by atoms with Crippen LogP contribution in [0.25, 0.3) is 16.5 Å². The first-order chi connectivity index (χ1) is 33.1. The first kappa shape index (κ1) is 54.0. The van der Waals surface area contributed by atoms with E-state index in [2.05, 4.69) is 66.2 Å². The van der Waals surface area contributed by atoms with E-state index in [0.29, 0.717) is 36.9 Å². The second-order valence-corrected chi connectivity index (χ2v) is 17.7. The van der Waals surface area contributed by atoms with Crippen LogP contribution in [0.3, 0.4) is 0 Å². The number of allylic oxidation sites excluding steroid dienone is 8. The predicted octanol–water partition coefficient (Wildman–Crippen LogP) is 0.351. The third-order valence-corrected chi connectivity index (χ3v) is 12.7. The summed E-state index contributed by atoms with van der Waals surface area (Å²) in [5.74, 6) is -6.75. The van der Waals surface area contributed by atoms with E-state index in [1.54, 1.807) is 30.9 Å². The van der Waals surface area contributed by atoms with Crippen LogP contribution in [-0.2, 0) is 61.8 Å². The maximum atomic E-state index is 14.9. The van der Waals surface area contributed by atoms with Crippen LogP contribution in [0.4, 0.5) is 0 Å². The van der Waals surface area contributed by atoms with Gasteiger partial charge in [0.25, 0.3) is 0 Å². The van der Waals surface area contributed by atoms with Crippen molar-refractivity contribution in [2.45, 2.75) is 120 Å². The number of aromatic amines is 1. The molecule has 12 N–H and O–H groups in total. The van der Waals surface area contributed by atoms with Crippen molar-refractivity contribution in [3.8, 4) is 0 Å². The third-order valence-electron chi connectivity index (χ3n) is 12.7. The minimum absolute atomic E-state index is 0. The van der Waals surface area contributed by atoms with E-state index in [9.17, 15) is 38.4 Å². The van der Waals surface area contributed by atoms with E-state index in [4.69, 9.17) is 17.2 Å². The number of rotatable bonds is 9. The smallest absolute Gasteiger partial charge is 0.370 e. The molecule has 22 heteroatoms. The molecule has 8 atom stereocenters. The molecule has 8 amide bonds. The van der Waals surface area contributed by atoms with Gasteiger partial charge in [0.1, 0.15) is 35.9 Å². The number of para-hydroxylation sites is 1. The Kier molecular flexibility index (Phi) is 19.8. The summed E-state index contributed by atoms with van der Waals surface area (Å²) in [6, 6.07) is -1.06. The summed E-state index contributed by atoms with van der Waals surface area (Å²) in [6.07, 6.45) is 19.5. The van der Waals surface area contributed by atoms with Gasteiger partial charge in [-0.15, -0.1) is 5.10 Å². The van der Waals surface area contributed by atoms with Crippen molar-refractivity contribution < 1.29 is 55.4 Å². The molecule has 21 nitrogen and oxygen atoms in total. The van der Waals surface area contributed by atoms with Crippen molar-refractivity contribution in [3.05, 3.63) is 90.4 Å². The van der Waals surface area contributed by atoms with E-state index < -0.39 is 108 Å². The Morgan fingerprint density at radius 2 is 1.61 bits per heavy atom. The number of carbonyl (C=O) groups is 8. The van der Waals surface area contributed by atoms with Gasteiger partial charge in [-0.25, -0.2) is 4.68 Å². The fourth-order valence-corrected chi connectivity index (χ4v) is 8.56. The molecule has 70 heavy (non-hydrogen) atoms. The number of aromatic nitrogens is 4. The molecule has 2 aliphatic carbocycles. The minimum Gasteiger partial charge on any atom is -0.370 e. The molecule has 2 saturated heterocycles. The molecule has 1 aromatic carbocycles. The normalized spacial score (nSPS) is 25.3. The average molecular weight is 1010 g/mol. The average Bonchev–Trinajstić information content (AvgIpc) is 4.19. The van der Waals surface area contributed by atoms with Crippen molar-refractivity contribution in [3.63, 3.8) is 0 Å². The largest absolute Gasteiger partial charge is 2.00 e. The number of carbonyl (C=O) groups excluding carboxylic acids is 8. The van der Waals surface area contributed by atoms with Gasteiger partial charge in [0.05, 0.1) is 31.1 Å². The van der Waals surface area contributed by atoms with E-state index >= 15 is 0 Å². The molecule has 374 valence electrons. The predicted molar refractivity (Wildman–Crippen MR) is 255 cm³/mol. The van der Waals surface area contributed by atoms with Crippen molar-refractivity contribution in [2.24, 2.45) is 23.1 Å². The minimum atomic E-state index is -1.57. The fourth-order valence-electron chi connectivity index (χ4n) is 8.56. The molecule has 4 heterocycles. The molecule has 4 aliphatic rings. The Balaban J connectivity index is 0.00000143. The first-order valence-corrected chi connectivity index (χ1v) is 23.4. The van der Waals surface area contributed by atoms with Gasteiger partial charge in [-0.3, -0.25) is 38.4 Å². The van der Waals surface area contributed by atoms with Crippen molar-refractivity contribution in [1.29, 1.82) is 0 Å². The Morgan fingerprint density at radius 1 is 0.886 bits per heavy atom. The van der Waals surface area contributed by atoms with Crippen LogP contribution >= 0.6 is 0 Å². The number of primary amides is 2. The molecule has 0 spiro atoms. The maximum Gasteiger partial charge on any atom is 2.00 e. The summed E-state index contributed by atoms with van der Waals surface area (Å²) in [5, 5.41) is 22.9. The number of hydrogen-bond donors (Lipinski definition) is 9. The molecule has 0 radical (unpaired) electrons. The number of nitrogens with zero attached hydrogens (tertiary/aromatic N) is 4. The molecular formula is C48H63FeN13O8+2. The van der Waals surface area contributed by atoms with Crippen molar-refractivity contribution in [1.82, 2.24) is 51.5 Å². The Labute approximate surface area is 416 Å². The quantitative estimate of drug-likeness (QED) is 0.132. The van der Waals surface area contributed by atoms with Gasteiger partial charge >= 0.3 is 17.1 Å². The third kappa shape index (κ3) is 14.3. The molecule has 0 saturated carbocycles. The van der Waals surface area contributed by atoms with Gasteiger partial charge in [0.15, 0.2) is 0 Å². The summed E-state index contributed by atoms with van der Waals surface area (Å²) >= 11 is 0.